The van der Waals surface area contributed by atoms with Crippen LogP contribution in [0, 0.1) is 0 Å². The van der Waals surface area contributed by atoms with E-state index in [2.05, 4.69) is 140 Å². The molecule has 0 aliphatic rings. The molecule has 9 aromatic carbocycles. The van der Waals surface area contributed by atoms with Gasteiger partial charge in [0.05, 0.1) is 0 Å². The maximum atomic E-state index is 5.26. The summed E-state index contributed by atoms with van der Waals surface area (Å²) in [5, 5.41) is 11.9. The lowest BCUT2D eigenvalue weighted by molar-refractivity contribution is 1.08. The second-order valence-electron chi connectivity index (χ2n) is 12.8. The fourth-order valence-corrected chi connectivity index (χ4v) is 7.57. The average Bonchev–Trinajstić information content (AvgIpc) is 3.20. The molecule has 0 radical (unpaired) electrons. The van der Waals surface area contributed by atoms with Gasteiger partial charge in [-0.15, -0.1) is 0 Å². The van der Waals surface area contributed by atoms with Crippen LogP contribution >= 0.6 is 0 Å². The van der Waals surface area contributed by atoms with E-state index in [0.29, 0.717) is 17.5 Å². The van der Waals surface area contributed by atoms with Gasteiger partial charge in [-0.2, -0.15) is 0 Å². The van der Waals surface area contributed by atoms with Gasteiger partial charge in [0, 0.05) is 22.1 Å². The molecule has 0 unspecified atom stereocenters. The van der Waals surface area contributed by atoms with Crippen molar-refractivity contribution in [3.8, 4) is 45.3 Å². The first kappa shape index (κ1) is 28.3. The Kier molecular flexibility index (Phi) is 6.49. The first-order valence-electron chi connectivity index (χ1n) is 17.0. The van der Waals surface area contributed by atoms with Crippen LogP contribution < -0.4 is 0 Å². The van der Waals surface area contributed by atoms with Crippen LogP contribution in [0.15, 0.2) is 176 Å². The van der Waals surface area contributed by atoms with E-state index in [1.165, 1.54) is 48.8 Å². The van der Waals surface area contributed by atoms with Gasteiger partial charge in [-0.3, -0.25) is 0 Å². The number of rotatable bonds is 4. The zero-order valence-corrected chi connectivity index (χ0v) is 27.1. The zero-order chi connectivity index (χ0) is 33.0. The lowest BCUT2D eigenvalue weighted by Gasteiger charge is -2.19. The number of hydrogen-bond donors (Lipinski definition) is 0. The van der Waals surface area contributed by atoms with Crippen molar-refractivity contribution in [2.45, 2.75) is 0 Å². The first-order valence-corrected chi connectivity index (χ1v) is 17.0. The largest absolute Gasteiger partial charge is 0.208 e. The minimum absolute atomic E-state index is 0.650. The monoisotopic (exact) mass is 635 g/mol. The highest BCUT2D eigenvalue weighted by atomic mass is 15.0. The van der Waals surface area contributed by atoms with Gasteiger partial charge < -0.3 is 0 Å². The Balaban J connectivity index is 1.35. The van der Waals surface area contributed by atoms with E-state index in [9.17, 15) is 0 Å². The summed E-state index contributed by atoms with van der Waals surface area (Å²) in [5.74, 6) is 1.96. The highest BCUT2D eigenvalue weighted by Crippen LogP contribution is 2.46. The van der Waals surface area contributed by atoms with E-state index in [-0.39, 0.29) is 0 Å². The number of fused-ring (bicyclic) bond motifs is 7. The number of benzene rings is 9. The van der Waals surface area contributed by atoms with E-state index < -0.39 is 0 Å². The standard InChI is InChI=1S/C47H29N3/c1-3-15-33(16-4-1)45-48-46(34-17-5-2-6-18-34)50-47(49-45)44-39-22-12-11-21-38(39)42(40-28-27-31-14-8-10-20-37(31)43(40)44)35-26-25-32-24-23-30-13-7-9-19-36(30)41(32)29-35/h1-29H. The summed E-state index contributed by atoms with van der Waals surface area (Å²) in [4.78, 5) is 15.5. The van der Waals surface area contributed by atoms with E-state index in [4.69, 9.17) is 15.0 Å². The van der Waals surface area contributed by atoms with E-state index >= 15 is 0 Å². The lowest BCUT2D eigenvalue weighted by Crippen LogP contribution is -2.02. The smallest absolute Gasteiger partial charge is 0.165 e. The fraction of sp³-hybridized carbons (Fsp3) is 0. The third kappa shape index (κ3) is 4.56. The van der Waals surface area contributed by atoms with Crippen LogP contribution in [0.2, 0.25) is 0 Å². The van der Waals surface area contributed by atoms with E-state index in [1.54, 1.807) is 0 Å². The van der Waals surface area contributed by atoms with Crippen LogP contribution in [0.1, 0.15) is 0 Å². The van der Waals surface area contributed by atoms with Crippen molar-refractivity contribution < 1.29 is 0 Å². The third-order valence-electron chi connectivity index (χ3n) is 9.87. The molecule has 0 amide bonds. The van der Waals surface area contributed by atoms with Crippen molar-refractivity contribution in [3.05, 3.63) is 176 Å². The summed E-state index contributed by atoms with van der Waals surface area (Å²) < 4.78 is 0. The molecular formula is C47H29N3. The predicted octanol–water partition coefficient (Wildman–Crippen LogP) is 12.3. The van der Waals surface area contributed by atoms with Crippen LogP contribution in [-0.4, -0.2) is 15.0 Å². The number of nitrogens with zero attached hydrogens (tertiary/aromatic N) is 3. The molecule has 3 nitrogen and oxygen atoms in total. The zero-order valence-electron chi connectivity index (χ0n) is 27.1. The molecule has 0 N–H and O–H groups in total. The van der Waals surface area contributed by atoms with Gasteiger partial charge in [-0.25, -0.2) is 15.0 Å². The van der Waals surface area contributed by atoms with Crippen LogP contribution in [0.5, 0.6) is 0 Å². The third-order valence-corrected chi connectivity index (χ3v) is 9.87. The molecule has 0 saturated heterocycles. The molecular weight excluding hydrogens is 607 g/mol. The van der Waals surface area contributed by atoms with Gasteiger partial charge in [0.1, 0.15) is 0 Å². The molecule has 1 aromatic heterocycles. The topological polar surface area (TPSA) is 38.7 Å². The summed E-state index contributed by atoms with van der Waals surface area (Å²) in [6.07, 6.45) is 0. The molecule has 0 aliphatic heterocycles. The van der Waals surface area contributed by atoms with Gasteiger partial charge >= 0.3 is 0 Å². The first-order chi connectivity index (χ1) is 24.8. The molecule has 10 aromatic rings. The number of aromatic nitrogens is 3. The van der Waals surface area contributed by atoms with Gasteiger partial charge in [0.25, 0.3) is 0 Å². The maximum absolute atomic E-state index is 5.26. The van der Waals surface area contributed by atoms with Gasteiger partial charge in [0.2, 0.25) is 0 Å². The lowest BCUT2D eigenvalue weighted by atomic mass is 9.85. The molecule has 0 aliphatic carbocycles. The Morgan fingerprint density at radius 1 is 0.260 bits per heavy atom. The van der Waals surface area contributed by atoms with Crippen molar-refractivity contribution in [1.29, 1.82) is 0 Å². The Morgan fingerprint density at radius 2 is 0.720 bits per heavy atom. The van der Waals surface area contributed by atoms with Gasteiger partial charge in [-0.05, 0) is 65.7 Å². The van der Waals surface area contributed by atoms with Gasteiger partial charge in [0.15, 0.2) is 17.5 Å². The van der Waals surface area contributed by atoms with Crippen molar-refractivity contribution in [3.63, 3.8) is 0 Å². The minimum Gasteiger partial charge on any atom is -0.208 e. The van der Waals surface area contributed by atoms with E-state index in [0.717, 1.165) is 32.8 Å². The molecule has 0 bridgehead atoms. The summed E-state index contributed by atoms with van der Waals surface area (Å²) in [7, 11) is 0. The molecule has 10 rings (SSSR count). The summed E-state index contributed by atoms with van der Waals surface area (Å²) >= 11 is 0. The van der Waals surface area contributed by atoms with Crippen molar-refractivity contribution >= 4 is 53.9 Å². The quantitative estimate of drug-likeness (QED) is 0.143. The van der Waals surface area contributed by atoms with Gasteiger partial charge in [-0.1, -0.05) is 170 Å². The molecule has 0 spiro atoms. The molecule has 1 heterocycles. The second kappa shape index (κ2) is 11.5. The Hall–Kier alpha value is -6.71. The molecule has 232 valence electrons. The fourth-order valence-electron chi connectivity index (χ4n) is 7.57. The van der Waals surface area contributed by atoms with Crippen molar-refractivity contribution in [1.82, 2.24) is 15.0 Å². The molecule has 0 saturated carbocycles. The molecule has 3 heteroatoms. The highest BCUT2D eigenvalue weighted by molar-refractivity contribution is 6.28. The maximum Gasteiger partial charge on any atom is 0.165 e. The van der Waals surface area contributed by atoms with Crippen LogP contribution in [0.25, 0.3) is 99.2 Å². The molecule has 0 atom stereocenters. The number of hydrogen-bond acceptors (Lipinski definition) is 3. The van der Waals surface area contributed by atoms with Crippen LogP contribution in [0.4, 0.5) is 0 Å². The highest BCUT2D eigenvalue weighted by Gasteiger charge is 2.22. The van der Waals surface area contributed by atoms with Crippen LogP contribution in [-0.2, 0) is 0 Å². The van der Waals surface area contributed by atoms with Crippen molar-refractivity contribution in [2.24, 2.45) is 0 Å². The molecule has 0 fully saturated rings. The average molecular weight is 636 g/mol. The predicted molar refractivity (Wildman–Crippen MR) is 209 cm³/mol. The minimum atomic E-state index is 0.650. The Morgan fingerprint density at radius 3 is 1.38 bits per heavy atom. The summed E-state index contributed by atoms with van der Waals surface area (Å²) in [6.45, 7) is 0. The second-order valence-corrected chi connectivity index (χ2v) is 12.8. The SMILES string of the molecule is c1ccc(-c2nc(-c3ccccc3)nc(-c3c4ccccc4c(-c4ccc5ccc6ccccc6c5c4)c4ccc5ccccc5c34)n2)cc1. The normalized spacial score (nSPS) is 11.6. The van der Waals surface area contributed by atoms with Crippen molar-refractivity contribution in [2.75, 3.05) is 0 Å². The summed E-state index contributed by atoms with van der Waals surface area (Å²) in [5.41, 5.74) is 5.31. The molecule has 50 heavy (non-hydrogen) atoms. The Bertz CT molecular complexity index is 2860. The summed E-state index contributed by atoms with van der Waals surface area (Å²) in [6, 6.07) is 62.3. The van der Waals surface area contributed by atoms with Crippen LogP contribution in [0.3, 0.4) is 0 Å². The van der Waals surface area contributed by atoms with E-state index in [1.807, 2.05) is 36.4 Å². The Labute approximate surface area is 289 Å².